The molecular weight excluding hydrogens is 293 g/mol. The van der Waals surface area contributed by atoms with Gasteiger partial charge in [0.15, 0.2) is 0 Å². The van der Waals surface area contributed by atoms with Gasteiger partial charge in [0.2, 0.25) is 5.95 Å². The first-order valence-corrected chi connectivity index (χ1v) is 6.50. The summed E-state index contributed by atoms with van der Waals surface area (Å²) in [6.45, 7) is -0.00767. The van der Waals surface area contributed by atoms with Crippen LogP contribution >= 0.6 is 0 Å². The summed E-state index contributed by atoms with van der Waals surface area (Å²) >= 11 is 0. The molecule has 0 bridgehead atoms. The zero-order valence-electron chi connectivity index (χ0n) is 11.3. The number of pyridine rings is 1. The number of nitrogens with one attached hydrogen (secondary N) is 1. The van der Waals surface area contributed by atoms with Crippen LogP contribution in [0.1, 0.15) is 11.1 Å². The third-order valence-corrected chi connectivity index (χ3v) is 3.14. The Bertz CT molecular complexity index is 802. The summed E-state index contributed by atoms with van der Waals surface area (Å²) < 4.78 is 38.7. The second-order valence-electron chi connectivity index (χ2n) is 4.64. The summed E-state index contributed by atoms with van der Waals surface area (Å²) in [5.74, 6) is 0.274. The maximum Gasteiger partial charge on any atom is 0.416 e. The molecule has 7 heteroatoms. The maximum absolute atomic E-state index is 12.9. The van der Waals surface area contributed by atoms with Crippen LogP contribution in [-0.4, -0.2) is 15.0 Å². The molecule has 3 rings (SSSR count). The number of fused-ring (bicyclic) bond motifs is 1. The third-order valence-electron chi connectivity index (χ3n) is 3.14. The highest BCUT2D eigenvalue weighted by molar-refractivity contribution is 5.77. The van der Waals surface area contributed by atoms with Gasteiger partial charge in [0.25, 0.3) is 0 Å². The van der Waals surface area contributed by atoms with Crippen LogP contribution in [0.3, 0.4) is 0 Å². The van der Waals surface area contributed by atoms with Crippen molar-refractivity contribution in [3.05, 3.63) is 60.0 Å². The number of aromatic nitrogens is 3. The highest BCUT2D eigenvalue weighted by Crippen LogP contribution is 2.32. The Hall–Kier alpha value is -2.70. The van der Waals surface area contributed by atoms with Crippen LogP contribution in [0.2, 0.25) is 0 Å². The van der Waals surface area contributed by atoms with Crippen LogP contribution in [-0.2, 0) is 12.7 Å². The van der Waals surface area contributed by atoms with E-state index < -0.39 is 11.7 Å². The van der Waals surface area contributed by atoms with Crippen molar-refractivity contribution in [1.82, 2.24) is 15.0 Å². The van der Waals surface area contributed by atoms with Crippen LogP contribution in [0.25, 0.3) is 10.9 Å². The predicted molar refractivity (Wildman–Crippen MR) is 76.1 cm³/mol. The molecule has 1 aromatic carbocycles. The van der Waals surface area contributed by atoms with Crippen molar-refractivity contribution in [3.63, 3.8) is 0 Å². The third kappa shape index (κ3) is 2.98. The number of hydrogen-bond acceptors (Lipinski definition) is 4. The first-order valence-electron chi connectivity index (χ1n) is 6.50. The van der Waals surface area contributed by atoms with Crippen molar-refractivity contribution in [3.8, 4) is 0 Å². The van der Waals surface area contributed by atoms with E-state index in [0.717, 1.165) is 11.5 Å². The minimum atomic E-state index is -4.38. The molecule has 0 aliphatic rings. The van der Waals surface area contributed by atoms with Crippen LogP contribution in [0.15, 0.2) is 48.9 Å². The van der Waals surface area contributed by atoms with Gasteiger partial charge in [0, 0.05) is 30.5 Å². The van der Waals surface area contributed by atoms with Crippen molar-refractivity contribution in [2.24, 2.45) is 0 Å². The van der Waals surface area contributed by atoms with Gasteiger partial charge < -0.3 is 5.32 Å². The van der Waals surface area contributed by atoms with Gasteiger partial charge in [-0.25, -0.2) is 9.97 Å². The highest BCUT2D eigenvalue weighted by atomic mass is 19.4. The van der Waals surface area contributed by atoms with Gasteiger partial charge in [-0.1, -0.05) is 18.2 Å². The van der Waals surface area contributed by atoms with Gasteiger partial charge in [-0.15, -0.1) is 0 Å². The molecule has 0 radical (unpaired) electrons. The molecule has 112 valence electrons. The van der Waals surface area contributed by atoms with E-state index in [1.54, 1.807) is 30.7 Å². The lowest BCUT2D eigenvalue weighted by Gasteiger charge is -2.13. The summed E-state index contributed by atoms with van der Waals surface area (Å²) in [6, 6.07) is 7.14. The van der Waals surface area contributed by atoms with Gasteiger partial charge in [-0.2, -0.15) is 13.2 Å². The van der Waals surface area contributed by atoms with Crippen molar-refractivity contribution >= 4 is 16.9 Å². The van der Waals surface area contributed by atoms with Crippen LogP contribution in [0, 0.1) is 0 Å². The molecule has 22 heavy (non-hydrogen) atoms. The SMILES string of the molecule is FC(F)(F)c1ccccc1CNc1ncc2cnccc2n1. The lowest BCUT2D eigenvalue weighted by molar-refractivity contribution is -0.138. The zero-order chi connectivity index (χ0) is 15.6. The molecule has 0 unspecified atom stereocenters. The Kier molecular flexibility index (Phi) is 3.62. The molecule has 1 N–H and O–H groups in total. The topological polar surface area (TPSA) is 50.7 Å². The minimum Gasteiger partial charge on any atom is -0.350 e. The average molecular weight is 304 g/mol. The van der Waals surface area contributed by atoms with Crippen molar-refractivity contribution < 1.29 is 13.2 Å². The van der Waals surface area contributed by atoms with E-state index >= 15 is 0 Å². The monoisotopic (exact) mass is 304 g/mol. The van der Waals surface area contributed by atoms with Gasteiger partial charge in [0.1, 0.15) is 0 Å². The molecule has 2 aromatic heterocycles. The molecule has 0 amide bonds. The molecule has 4 nitrogen and oxygen atoms in total. The second kappa shape index (κ2) is 5.59. The van der Waals surface area contributed by atoms with Gasteiger partial charge in [0.05, 0.1) is 11.1 Å². The molecule has 0 spiro atoms. The molecule has 0 aliphatic carbocycles. The van der Waals surface area contributed by atoms with E-state index in [0.29, 0.717) is 5.52 Å². The smallest absolute Gasteiger partial charge is 0.350 e. The fraction of sp³-hybridized carbons (Fsp3) is 0.133. The Morgan fingerprint density at radius 3 is 2.68 bits per heavy atom. The van der Waals surface area contributed by atoms with E-state index in [-0.39, 0.29) is 18.1 Å². The molecule has 0 saturated carbocycles. The van der Waals surface area contributed by atoms with Crippen LogP contribution in [0.5, 0.6) is 0 Å². The lowest BCUT2D eigenvalue weighted by atomic mass is 10.1. The second-order valence-corrected chi connectivity index (χ2v) is 4.64. The molecule has 2 heterocycles. The van der Waals surface area contributed by atoms with Crippen molar-refractivity contribution in [2.75, 3.05) is 5.32 Å². The quantitative estimate of drug-likeness (QED) is 0.802. The zero-order valence-corrected chi connectivity index (χ0v) is 11.3. The average Bonchev–Trinajstić information content (AvgIpc) is 2.52. The number of anilines is 1. The molecule has 0 atom stereocenters. The molecule has 0 fully saturated rings. The van der Waals surface area contributed by atoms with E-state index in [4.69, 9.17) is 0 Å². The van der Waals surface area contributed by atoms with Crippen molar-refractivity contribution in [2.45, 2.75) is 12.7 Å². The highest BCUT2D eigenvalue weighted by Gasteiger charge is 2.32. The van der Waals surface area contributed by atoms with E-state index in [1.807, 2.05) is 0 Å². The van der Waals surface area contributed by atoms with Gasteiger partial charge >= 0.3 is 6.18 Å². The van der Waals surface area contributed by atoms with E-state index in [9.17, 15) is 13.2 Å². The fourth-order valence-corrected chi connectivity index (χ4v) is 2.08. The van der Waals surface area contributed by atoms with E-state index in [1.165, 1.54) is 12.1 Å². The summed E-state index contributed by atoms with van der Waals surface area (Å²) in [6.07, 6.45) is 0.414. The molecule has 0 aliphatic heterocycles. The molecule has 0 saturated heterocycles. The summed E-state index contributed by atoms with van der Waals surface area (Å²) in [7, 11) is 0. The largest absolute Gasteiger partial charge is 0.416 e. The molecule has 3 aromatic rings. The number of nitrogens with zero attached hydrogens (tertiary/aromatic N) is 3. The maximum atomic E-state index is 12.9. The van der Waals surface area contributed by atoms with Gasteiger partial charge in [-0.3, -0.25) is 4.98 Å². The number of rotatable bonds is 3. The van der Waals surface area contributed by atoms with Gasteiger partial charge in [-0.05, 0) is 17.7 Å². The Morgan fingerprint density at radius 2 is 1.86 bits per heavy atom. The summed E-state index contributed by atoms with van der Waals surface area (Å²) in [5.41, 5.74) is 0.164. The number of benzene rings is 1. The summed E-state index contributed by atoms with van der Waals surface area (Å²) in [4.78, 5) is 12.3. The Morgan fingerprint density at radius 1 is 1.05 bits per heavy atom. The standard InChI is InChI=1S/C15H11F3N4/c16-15(17,18)12-4-2-1-3-10(12)8-20-14-21-9-11-7-19-6-5-13(11)22-14/h1-7,9H,8H2,(H,20,21,22). The van der Waals surface area contributed by atoms with Crippen LogP contribution < -0.4 is 5.32 Å². The number of hydrogen-bond donors (Lipinski definition) is 1. The normalized spacial score (nSPS) is 11.6. The fourth-order valence-electron chi connectivity index (χ4n) is 2.08. The number of alkyl halides is 3. The predicted octanol–water partition coefficient (Wildman–Crippen LogP) is 3.66. The van der Waals surface area contributed by atoms with Crippen molar-refractivity contribution in [1.29, 1.82) is 0 Å². The first-order chi connectivity index (χ1) is 10.5. The first kappa shape index (κ1) is 14.2. The minimum absolute atomic E-state index is 0.00767. The lowest BCUT2D eigenvalue weighted by Crippen LogP contribution is -2.12. The van der Waals surface area contributed by atoms with E-state index in [2.05, 4.69) is 20.3 Å². The van der Waals surface area contributed by atoms with Crippen LogP contribution in [0.4, 0.5) is 19.1 Å². The Balaban J connectivity index is 1.82. The Labute approximate surface area is 124 Å². The number of halogens is 3. The molecular formula is C15H11F3N4. The summed E-state index contributed by atoms with van der Waals surface area (Å²) in [5, 5.41) is 3.59.